The molecule has 7 nitrogen and oxygen atoms in total. The maximum absolute atomic E-state index is 12.7. The molecule has 148 valence electrons. The molecule has 7 heteroatoms. The van der Waals surface area contributed by atoms with Gasteiger partial charge in [0.2, 0.25) is 11.8 Å². The Morgan fingerprint density at radius 2 is 2.21 bits per heavy atom. The monoisotopic (exact) mass is 389 g/mol. The van der Waals surface area contributed by atoms with Gasteiger partial charge in [-0.25, -0.2) is 4.98 Å². The average molecular weight is 389 g/mol. The van der Waals surface area contributed by atoms with Gasteiger partial charge in [-0.05, 0) is 59.6 Å². The van der Waals surface area contributed by atoms with Crippen LogP contribution in [0.25, 0.3) is 11.6 Å². The minimum Gasteiger partial charge on any atom is -0.338 e. The SMILES string of the molecule is Cn1nccc1C1=CC2CN(C(=O)/C=C/c3cnc4c(c3)CCC(=O)N4)CC2C1. The molecule has 0 saturated carbocycles. The lowest BCUT2D eigenvalue weighted by Crippen LogP contribution is -2.27. The Labute approximate surface area is 169 Å². The summed E-state index contributed by atoms with van der Waals surface area (Å²) in [5.74, 6) is 1.59. The van der Waals surface area contributed by atoms with E-state index in [1.54, 1.807) is 12.3 Å². The summed E-state index contributed by atoms with van der Waals surface area (Å²) in [6.45, 7) is 1.56. The number of nitrogens with one attached hydrogen (secondary N) is 1. The Morgan fingerprint density at radius 1 is 1.31 bits per heavy atom. The van der Waals surface area contributed by atoms with Crippen molar-refractivity contribution in [1.82, 2.24) is 19.7 Å². The number of carbonyl (C=O) groups is 2. The standard InChI is InChI=1S/C22H23N5O2/c1-26-19(6-7-24-26)16-9-17-12-27(13-18(17)10-16)21(29)5-2-14-8-15-3-4-20(28)25-22(15)23-11-14/h2,5-9,11,17-18H,3-4,10,12-13H2,1H3,(H,23,25,28)/b5-2+. The van der Waals surface area contributed by atoms with Crippen LogP contribution in [0.1, 0.15) is 29.7 Å². The Bertz CT molecular complexity index is 1050. The minimum atomic E-state index is 0.00338. The summed E-state index contributed by atoms with van der Waals surface area (Å²) in [5.41, 5.74) is 4.41. The molecule has 1 N–H and O–H groups in total. The molecule has 0 aromatic carbocycles. The number of nitrogens with zero attached hydrogens (tertiary/aromatic N) is 4. The van der Waals surface area contributed by atoms with Gasteiger partial charge in [-0.2, -0.15) is 5.10 Å². The number of hydrogen-bond acceptors (Lipinski definition) is 4. The van der Waals surface area contributed by atoms with Crippen molar-refractivity contribution in [2.24, 2.45) is 18.9 Å². The molecule has 4 heterocycles. The molecule has 29 heavy (non-hydrogen) atoms. The predicted octanol–water partition coefficient (Wildman–Crippen LogP) is 2.27. The van der Waals surface area contributed by atoms with Crippen LogP contribution in [0.2, 0.25) is 0 Å². The third-order valence-electron chi connectivity index (χ3n) is 6.14. The van der Waals surface area contributed by atoms with Gasteiger partial charge in [-0.15, -0.1) is 0 Å². The van der Waals surface area contributed by atoms with Crippen molar-refractivity contribution in [3.8, 4) is 0 Å². The van der Waals surface area contributed by atoms with E-state index in [0.717, 1.165) is 30.6 Å². The summed E-state index contributed by atoms with van der Waals surface area (Å²) < 4.78 is 1.91. The van der Waals surface area contributed by atoms with Crippen molar-refractivity contribution >= 4 is 29.3 Å². The van der Waals surface area contributed by atoms with E-state index in [2.05, 4.69) is 27.5 Å². The maximum atomic E-state index is 12.7. The zero-order valence-electron chi connectivity index (χ0n) is 16.3. The van der Waals surface area contributed by atoms with Crippen LogP contribution in [0.3, 0.4) is 0 Å². The fourth-order valence-corrected chi connectivity index (χ4v) is 4.61. The molecule has 0 bridgehead atoms. The van der Waals surface area contributed by atoms with Crippen LogP contribution in [-0.2, 0) is 23.1 Å². The van der Waals surface area contributed by atoms with E-state index in [9.17, 15) is 9.59 Å². The predicted molar refractivity (Wildman–Crippen MR) is 110 cm³/mol. The molecule has 1 saturated heterocycles. The molecule has 1 fully saturated rings. The maximum Gasteiger partial charge on any atom is 0.246 e. The van der Waals surface area contributed by atoms with E-state index in [0.29, 0.717) is 30.5 Å². The number of aromatic nitrogens is 3. The Hall–Kier alpha value is -3.22. The zero-order chi connectivity index (χ0) is 20.0. The third-order valence-corrected chi connectivity index (χ3v) is 6.14. The van der Waals surface area contributed by atoms with Gasteiger partial charge in [-0.3, -0.25) is 14.3 Å². The highest BCUT2D eigenvalue weighted by atomic mass is 16.2. The van der Waals surface area contributed by atoms with Crippen LogP contribution in [0.4, 0.5) is 5.82 Å². The highest BCUT2D eigenvalue weighted by Gasteiger charge is 2.38. The first-order valence-electron chi connectivity index (χ1n) is 10.0. The smallest absolute Gasteiger partial charge is 0.246 e. The highest BCUT2D eigenvalue weighted by Crippen LogP contribution is 2.40. The van der Waals surface area contributed by atoms with Crippen molar-refractivity contribution in [3.63, 3.8) is 0 Å². The molecule has 1 aliphatic carbocycles. The van der Waals surface area contributed by atoms with Crippen LogP contribution < -0.4 is 5.32 Å². The van der Waals surface area contributed by atoms with E-state index in [4.69, 9.17) is 0 Å². The number of fused-ring (bicyclic) bond motifs is 2. The Kier molecular flexibility index (Phi) is 4.30. The normalized spacial score (nSPS) is 23.1. The van der Waals surface area contributed by atoms with Gasteiger partial charge in [-0.1, -0.05) is 6.08 Å². The molecule has 2 unspecified atom stereocenters. The second kappa shape index (κ2) is 6.99. The van der Waals surface area contributed by atoms with E-state index in [1.165, 1.54) is 11.3 Å². The van der Waals surface area contributed by atoms with Crippen LogP contribution in [0.5, 0.6) is 0 Å². The number of likely N-dealkylation sites (tertiary alicyclic amines) is 1. The summed E-state index contributed by atoms with van der Waals surface area (Å²) in [6.07, 6.45) is 11.5. The van der Waals surface area contributed by atoms with Gasteiger partial charge in [0, 0.05) is 45.0 Å². The molecule has 2 aromatic rings. The van der Waals surface area contributed by atoms with E-state index in [1.807, 2.05) is 35.0 Å². The molecule has 2 aliphatic heterocycles. The molecule has 0 radical (unpaired) electrons. The molecule has 2 atom stereocenters. The number of pyridine rings is 1. The molecule has 0 spiro atoms. The quantitative estimate of drug-likeness (QED) is 0.817. The van der Waals surface area contributed by atoms with Gasteiger partial charge in [0.15, 0.2) is 0 Å². The fraction of sp³-hybridized carbons (Fsp3) is 0.364. The van der Waals surface area contributed by atoms with E-state index < -0.39 is 0 Å². The van der Waals surface area contributed by atoms with Gasteiger partial charge in [0.1, 0.15) is 5.82 Å². The van der Waals surface area contributed by atoms with Crippen molar-refractivity contribution in [3.05, 3.63) is 53.5 Å². The van der Waals surface area contributed by atoms with Gasteiger partial charge in [0.05, 0.1) is 5.69 Å². The summed E-state index contributed by atoms with van der Waals surface area (Å²) in [6, 6.07) is 4.05. The van der Waals surface area contributed by atoms with Crippen LogP contribution in [0.15, 0.2) is 36.7 Å². The number of carbonyl (C=O) groups excluding carboxylic acids is 2. The summed E-state index contributed by atoms with van der Waals surface area (Å²) >= 11 is 0. The number of anilines is 1. The first kappa shape index (κ1) is 17.8. The van der Waals surface area contributed by atoms with Crippen LogP contribution >= 0.6 is 0 Å². The van der Waals surface area contributed by atoms with Crippen LogP contribution in [0, 0.1) is 11.8 Å². The molecule has 5 rings (SSSR count). The topological polar surface area (TPSA) is 80.1 Å². The molecule has 2 amide bonds. The fourth-order valence-electron chi connectivity index (χ4n) is 4.61. The molecule has 2 aromatic heterocycles. The van der Waals surface area contributed by atoms with E-state index in [-0.39, 0.29) is 11.8 Å². The molecule has 3 aliphatic rings. The van der Waals surface area contributed by atoms with Gasteiger partial charge < -0.3 is 10.2 Å². The number of aryl methyl sites for hydroxylation is 2. The van der Waals surface area contributed by atoms with Crippen molar-refractivity contribution < 1.29 is 9.59 Å². The summed E-state index contributed by atoms with van der Waals surface area (Å²) in [4.78, 5) is 30.4. The number of allylic oxidation sites excluding steroid dienone is 1. The third kappa shape index (κ3) is 3.37. The minimum absolute atomic E-state index is 0.00338. The van der Waals surface area contributed by atoms with E-state index >= 15 is 0 Å². The van der Waals surface area contributed by atoms with Crippen LogP contribution in [-0.4, -0.2) is 44.6 Å². The first-order chi connectivity index (χ1) is 14.1. The lowest BCUT2D eigenvalue weighted by Gasteiger charge is -2.16. The highest BCUT2D eigenvalue weighted by molar-refractivity contribution is 5.94. The largest absolute Gasteiger partial charge is 0.338 e. The zero-order valence-corrected chi connectivity index (χ0v) is 16.3. The average Bonchev–Trinajstić information content (AvgIpc) is 3.40. The number of hydrogen-bond donors (Lipinski definition) is 1. The van der Waals surface area contributed by atoms with Gasteiger partial charge >= 0.3 is 0 Å². The molecular formula is C22H23N5O2. The summed E-state index contributed by atoms with van der Waals surface area (Å²) in [5, 5.41) is 7.03. The number of rotatable bonds is 3. The Morgan fingerprint density at radius 3 is 3.00 bits per heavy atom. The lowest BCUT2D eigenvalue weighted by molar-refractivity contribution is -0.125. The second-order valence-electron chi connectivity index (χ2n) is 8.06. The Balaban J connectivity index is 1.23. The summed E-state index contributed by atoms with van der Waals surface area (Å²) in [7, 11) is 1.97. The van der Waals surface area contributed by atoms with Gasteiger partial charge in [0.25, 0.3) is 0 Å². The first-order valence-corrected chi connectivity index (χ1v) is 10.0. The van der Waals surface area contributed by atoms with Crippen molar-refractivity contribution in [2.45, 2.75) is 19.3 Å². The lowest BCUT2D eigenvalue weighted by atomic mass is 9.99. The van der Waals surface area contributed by atoms with Crippen molar-refractivity contribution in [1.29, 1.82) is 0 Å². The van der Waals surface area contributed by atoms with Crippen molar-refractivity contribution in [2.75, 3.05) is 18.4 Å². The molecular weight excluding hydrogens is 366 g/mol. The number of amides is 2. The second-order valence-corrected chi connectivity index (χ2v) is 8.06.